The number of fused-ring (bicyclic) bond motifs is 1. The zero-order valence-corrected chi connectivity index (χ0v) is 14.9. The highest BCUT2D eigenvalue weighted by Gasteiger charge is 2.31. The zero-order chi connectivity index (χ0) is 18.0. The number of carbonyl (C=O) groups excluding carboxylic acids is 2. The van der Waals surface area contributed by atoms with Gasteiger partial charge in [-0.05, 0) is 43.0 Å². The minimum atomic E-state index is -0.320. The molecule has 0 fully saturated rings. The van der Waals surface area contributed by atoms with Gasteiger partial charge in [-0.3, -0.25) is 9.59 Å². The molecule has 0 N–H and O–H groups in total. The van der Waals surface area contributed by atoms with Gasteiger partial charge in [0.05, 0.1) is 12.5 Å². The number of ether oxygens (including phenoxy) is 1. The van der Waals surface area contributed by atoms with Crippen molar-refractivity contribution >= 4 is 11.9 Å². The average Bonchev–Trinajstić information content (AvgIpc) is 2.57. The maximum Gasteiger partial charge on any atom is 0.313 e. The van der Waals surface area contributed by atoms with E-state index in [0.29, 0.717) is 12.3 Å². The number of rotatable bonds is 3. The Morgan fingerprint density at radius 1 is 1.16 bits per heavy atom. The zero-order valence-electron chi connectivity index (χ0n) is 14.9. The predicted molar refractivity (Wildman–Crippen MR) is 96.4 cm³/mol. The lowest BCUT2D eigenvalue weighted by atomic mass is 9.90. The smallest absolute Gasteiger partial charge is 0.313 e. The molecule has 1 unspecified atom stereocenters. The van der Waals surface area contributed by atoms with Crippen molar-refractivity contribution in [2.45, 2.75) is 39.7 Å². The van der Waals surface area contributed by atoms with E-state index >= 15 is 0 Å². The van der Waals surface area contributed by atoms with Crippen LogP contribution in [-0.2, 0) is 16.0 Å². The van der Waals surface area contributed by atoms with E-state index in [0.717, 1.165) is 23.1 Å². The molecule has 1 aliphatic heterocycles. The minimum Gasteiger partial charge on any atom is -0.426 e. The van der Waals surface area contributed by atoms with Gasteiger partial charge in [-0.15, -0.1) is 0 Å². The first kappa shape index (κ1) is 17.2. The Morgan fingerprint density at radius 2 is 1.92 bits per heavy atom. The second-order valence-corrected chi connectivity index (χ2v) is 6.62. The van der Waals surface area contributed by atoms with Crippen LogP contribution in [0.25, 0.3) is 0 Å². The van der Waals surface area contributed by atoms with Crippen molar-refractivity contribution in [3.63, 3.8) is 0 Å². The number of benzene rings is 2. The lowest BCUT2D eigenvalue weighted by Gasteiger charge is -2.36. The van der Waals surface area contributed by atoms with Gasteiger partial charge >= 0.3 is 5.97 Å². The summed E-state index contributed by atoms with van der Waals surface area (Å²) in [6.45, 7) is 6.11. The Morgan fingerprint density at radius 3 is 2.64 bits per heavy atom. The van der Waals surface area contributed by atoms with Crippen molar-refractivity contribution in [3.8, 4) is 5.75 Å². The molecule has 1 atom stereocenters. The molecule has 130 valence electrons. The second kappa shape index (κ2) is 7.09. The predicted octanol–water partition coefficient (Wildman–Crippen LogP) is 3.74. The van der Waals surface area contributed by atoms with Crippen molar-refractivity contribution in [1.82, 2.24) is 4.90 Å². The van der Waals surface area contributed by atoms with Crippen molar-refractivity contribution in [2.75, 3.05) is 6.54 Å². The Bertz CT molecular complexity index is 813. The van der Waals surface area contributed by atoms with Crippen LogP contribution in [0.1, 0.15) is 41.6 Å². The molecule has 3 rings (SSSR count). The summed E-state index contributed by atoms with van der Waals surface area (Å²) in [6.07, 6.45) is 0.974. The van der Waals surface area contributed by atoms with Crippen molar-refractivity contribution in [2.24, 2.45) is 0 Å². The van der Waals surface area contributed by atoms with Crippen LogP contribution in [0.15, 0.2) is 42.5 Å². The molecular formula is C21H23NO3. The molecule has 1 aliphatic rings. The van der Waals surface area contributed by atoms with Crippen LogP contribution in [-0.4, -0.2) is 23.3 Å². The van der Waals surface area contributed by atoms with E-state index in [4.69, 9.17) is 4.74 Å². The second-order valence-electron chi connectivity index (χ2n) is 6.62. The van der Waals surface area contributed by atoms with Crippen molar-refractivity contribution < 1.29 is 14.3 Å². The molecule has 2 aromatic carbocycles. The Hall–Kier alpha value is -2.62. The van der Waals surface area contributed by atoms with Crippen molar-refractivity contribution in [3.05, 3.63) is 64.7 Å². The maximum atomic E-state index is 12.5. The molecule has 0 radical (unpaired) electrons. The van der Waals surface area contributed by atoms with E-state index in [-0.39, 0.29) is 24.3 Å². The molecule has 0 saturated heterocycles. The summed E-state index contributed by atoms with van der Waals surface area (Å²) in [5.74, 6) is 0.243. The maximum absolute atomic E-state index is 12.5. The third-order valence-electron chi connectivity index (χ3n) is 4.73. The van der Waals surface area contributed by atoms with Crippen LogP contribution in [0, 0.1) is 13.8 Å². The monoisotopic (exact) mass is 337 g/mol. The molecule has 0 aromatic heterocycles. The highest BCUT2D eigenvalue weighted by molar-refractivity contribution is 5.78. The van der Waals surface area contributed by atoms with Crippen LogP contribution < -0.4 is 4.74 Å². The van der Waals surface area contributed by atoms with E-state index in [2.05, 4.69) is 6.07 Å². The quantitative estimate of drug-likeness (QED) is 0.633. The molecule has 0 spiro atoms. The number of amides is 1. The summed E-state index contributed by atoms with van der Waals surface area (Å²) in [4.78, 5) is 26.3. The average molecular weight is 337 g/mol. The van der Waals surface area contributed by atoms with Gasteiger partial charge in [0.15, 0.2) is 0 Å². The summed E-state index contributed by atoms with van der Waals surface area (Å²) in [6, 6.07) is 13.5. The van der Waals surface area contributed by atoms with Gasteiger partial charge in [-0.1, -0.05) is 42.0 Å². The van der Waals surface area contributed by atoms with Gasteiger partial charge < -0.3 is 9.64 Å². The number of hydrogen-bond donors (Lipinski definition) is 0. The molecule has 4 heteroatoms. The van der Waals surface area contributed by atoms with Gasteiger partial charge in [0, 0.05) is 13.5 Å². The van der Waals surface area contributed by atoms with E-state index < -0.39 is 0 Å². The molecule has 0 saturated carbocycles. The van der Waals surface area contributed by atoms with Crippen molar-refractivity contribution in [1.29, 1.82) is 0 Å². The summed E-state index contributed by atoms with van der Waals surface area (Å²) < 4.78 is 5.57. The first-order valence-corrected chi connectivity index (χ1v) is 8.58. The van der Waals surface area contributed by atoms with Crippen LogP contribution >= 0.6 is 0 Å². The van der Waals surface area contributed by atoms with Crippen LogP contribution in [0.2, 0.25) is 0 Å². The summed E-state index contributed by atoms with van der Waals surface area (Å²) >= 11 is 0. The largest absolute Gasteiger partial charge is 0.426 e. The first-order chi connectivity index (χ1) is 12.0. The number of aryl methyl sites for hydroxylation is 2. The van der Waals surface area contributed by atoms with E-state index in [1.54, 1.807) is 11.8 Å². The molecule has 0 bridgehead atoms. The van der Waals surface area contributed by atoms with Gasteiger partial charge in [0.1, 0.15) is 5.75 Å². The Balaban J connectivity index is 1.81. The highest BCUT2D eigenvalue weighted by atomic mass is 16.5. The van der Waals surface area contributed by atoms with Crippen LogP contribution in [0.3, 0.4) is 0 Å². The SMILES string of the molecule is CC(=O)N1CCc2ccccc2C1CC(=O)Oc1ccc(C)cc1C. The molecule has 0 aliphatic carbocycles. The normalized spacial score (nSPS) is 16.3. The molecule has 4 nitrogen and oxygen atoms in total. The number of esters is 1. The first-order valence-electron chi connectivity index (χ1n) is 8.58. The number of nitrogens with zero attached hydrogens (tertiary/aromatic N) is 1. The molecule has 2 aromatic rings. The van der Waals surface area contributed by atoms with Crippen LogP contribution in [0.5, 0.6) is 5.75 Å². The molecule has 1 amide bonds. The lowest BCUT2D eigenvalue weighted by molar-refractivity contribution is -0.138. The molecule has 1 heterocycles. The number of hydrogen-bond acceptors (Lipinski definition) is 3. The topological polar surface area (TPSA) is 46.6 Å². The van der Waals surface area contributed by atoms with E-state index in [1.165, 1.54) is 5.56 Å². The Kier molecular flexibility index (Phi) is 4.88. The standard InChI is InChI=1S/C21H23NO3/c1-14-8-9-20(15(2)12-14)25-21(24)13-19-18-7-5-4-6-17(18)10-11-22(19)16(3)23/h4-9,12,19H,10-11,13H2,1-3H3. The number of carbonyl (C=O) groups is 2. The fourth-order valence-electron chi connectivity index (χ4n) is 3.48. The summed E-state index contributed by atoms with van der Waals surface area (Å²) in [7, 11) is 0. The summed E-state index contributed by atoms with van der Waals surface area (Å²) in [5.41, 5.74) is 4.30. The highest BCUT2D eigenvalue weighted by Crippen LogP contribution is 2.33. The fraction of sp³-hybridized carbons (Fsp3) is 0.333. The van der Waals surface area contributed by atoms with Gasteiger partial charge in [0.2, 0.25) is 5.91 Å². The summed E-state index contributed by atoms with van der Waals surface area (Å²) in [5, 5.41) is 0. The van der Waals surface area contributed by atoms with Gasteiger partial charge in [0.25, 0.3) is 0 Å². The van der Waals surface area contributed by atoms with Gasteiger partial charge in [-0.2, -0.15) is 0 Å². The third kappa shape index (κ3) is 3.73. The van der Waals surface area contributed by atoms with Gasteiger partial charge in [-0.25, -0.2) is 0 Å². The van der Waals surface area contributed by atoms with E-state index in [1.807, 2.05) is 50.2 Å². The van der Waals surface area contributed by atoms with E-state index in [9.17, 15) is 9.59 Å². The Labute approximate surface area is 148 Å². The third-order valence-corrected chi connectivity index (χ3v) is 4.73. The lowest BCUT2D eigenvalue weighted by Crippen LogP contribution is -2.40. The van der Waals surface area contributed by atoms with Crippen LogP contribution in [0.4, 0.5) is 0 Å². The molecular weight excluding hydrogens is 314 g/mol. The molecule has 25 heavy (non-hydrogen) atoms. The minimum absolute atomic E-state index is 0.0150. The fourth-order valence-corrected chi connectivity index (χ4v) is 3.48.